The normalized spacial score (nSPS) is 16.9. The molecule has 1 N–H and O–H groups in total. The number of benzene rings is 2. The molecule has 0 saturated carbocycles. The monoisotopic (exact) mass is 467 g/mol. The van der Waals surface area contributed by atoms with E-state index in [1.54, 1.807) is 0 Å². The lowest BCUT2D eigenvalue weighted by molar-refractivity contribution is -0.0207. The van der Waals surface area contributed by atoms with Crippen LogP contribution in [0, 0.1) is 5.82 Å². The maximum Gasteiger partial charge on any atom is 0.164 e. The third-order valence-corrected chi connectivity index (χ3v) is 6.25. The Balaban J connectivity index is 1.43. The summed E-state index contributed by atoms with van der Waals surface area (Å²) in [5.74, 6) is -0.342. The minimum Gasteiger partial charge on any atom is -0.389 e. The highest BCUT2D eigenvalue weighted by molar-refractivity contribution is 9.10. The van der Waals surface area contributed by atoms with Crippen LogP contribution in [-0.4, -0.2) is 41.0 Å². The molecule has 2 aromatic rings. The molecule has 0 unspecified atom stereocenters. The van der Waals surface area contributed by atoms with Gasteiger partial charge in [-0.2, -0.15) is 0 Å². The number of ketones is 1. The molecular weight excluding hydrogens is 445 g/mol. The minimum atomic E-state index is -0.681. The number of halogens is 3. The highest BCUT2D eigenvalue weighted by atomic mass is 79.9. The number of carbonyl (C=O) groups excluding carboxylic acids is 1. The van der Waals surface area contributed by atoms with Gasteiger partial charge in [-0.05, 0) is 77.6 Å². The molecule has 150 valence electrons. The molecule has 1 heterocycles. The SMILES string of the molecule is O=C(CCCN1CCC(O)(Cc2ccc(Cl)cc2)CC1)c1ccc(F)cc1Br. The van der Waals surface area contributed by atoms with Gasteiger partial charge in [-0.25, -0.2) is 4.39 Å². The molecule has 1 fully saturated rings. The van der Waals surface area contributed by atoms with E-state index in [2.05, 4.69) is 20.8 Å². The van der Waals surface area contributed by atoms with Crippen LogP contribution in [0.2, 0.25) is 5.02 Å². The quantitative estimate of drug-likeness (QED) is 0.563. The molecule has 3 nitrogen and oxygen atoms in total. The lowest BCUT2D eigenvalue weighted by Crippen LogP contribution is -2.45. The van der Waals surface area contributed by atoms with E-state index in [-0.39, 0.29) is 11.6 Å². The summed E-state index contributed by atoms with van der Waals surface area (Å²) in [6.07, 6.45) is 3.24. The van der Waals surface area contributed by atoms with E-state index in [4.69, 9.17) is 11.6 Å². The fourth-order valence-corrected chi connectivity index (χ4v) is 4.36. The molecule has 0 spiro atoms. The van der Waals surface area contributed by atoms with Gasteiger partial charge in [0.15, 0.2) is 5.78 Å². The van der Waals surface area contributed by atoms with E-state index in [1.807, 2.05) is 24.3 Å². The molecule has 6 heteroatoms. The Morgan fingerprint density at radius 1 is 1.18 bits per heavy atom. The largest absolute Gasteiger partial charge is 0.389 e. The maximum atomic E-state index is 13.1. The second-order valence-corrected chi connectivity index (χ2v) is 8.81. The maximum absolute atomic E-state index is 13.1. The van der Waals surface area contributed by atoms with E-state index in [9.17, 15) is 14.3 Å². The van der Waals surface area contributed by atoms with Crippen molar-refractivity contribution in [3.05, 3.63) is 68.9 Å². The van der Waals surface area contributed by atoms with Crippen LogP contribution < -0.4 is 0 Å². The number of rotatable bonds is 7. The highest BCUT2D eigenvalue weighted by Gasteiger charge is 2.32. The molecule has 0 amide bonds. The van der Waals surface area contributed by atoms with Gasteiger partial charge in [0.05, 0.1) is 5.60 Å². The van der Waals surface area contributed by atoms with Crippen LogP contribution in [0.1, 0.15) is 41.6 Å². The first kappa shape index (κ1) is 21.4. The summed E-state index contributed by atoms with van der Waals surface area (Å²) in [5.41, 5.74) is 0.937. The second kappa shape index (κ2) is 9.49. The van der Waals surface area contributed by atoms with Crippen LogP contribution in [-0.2, 0) is 6.42 Å². The van der Waals surface area contributed by atoms with Gasteiger partial charge >= 0.3 is 0 Å². The third-order valence-electron chi connectivity index (χ3n) is 5.34. The smallest absolute Gasteiger partial charge is 0.164 e. The Hall–Kier alpha value is -1.27. The van der Waals surface area contributed by atoms with Crippen LogP contribution in [0.25, 0.3) is 0 Å². The van der Waals surface area contributed by atoms with Crippen LogP contribution in [0.3, 0.4) is 0 Å². The Labute approximate surface area is 178 Å². The molecule has 28 heavy (non-hydrogen) atoms. The highest BCUT2D eigenvalue weighted by Crippen LogP contribution is 2.27. The molecule has 2 aromatic carbocycles. The molecule has 1 saturated heterocycles. The number of piperidine rings is 1. The summed E-state index contributed by atoms with van der Waals surface area (Å²) < 4.78 is 13.7. The van der Waals surface area contributed by atoms with E-state index in [0.717, 1.165) is 31.6 Å². The summed E-state index contributed by atoms with van der Waals surface area (Å²) in [5, 5.41) is 11.6. The molecule has 0 radical (unpaired) electrons. The van der Waals surface area contributed by atoms with Gasteiger partial charge in [-0.3, -0.25) is 4.79 Å². The predicted octanol–water partition coefficient (Wildman–Crippen LogP) is 5.27. The first-order valence-electron chi connectivity index (χ1n) is 9.52. The van der Waals surface area contributed by atoms with E-state index in [1.165, 1.54) is 18.2 Å². The van der Waals surface area contributed by atoms with Crippen molar-refractivity contribution in [3.63, 3.8) is 0 Å². The molecule has 1 aliphatic heterocycles. The first-order valence-corrected chi connectivity index (χ1v) is 10.7. The van der Waals surface area contributed by atoms with Crippen LogP contribution in [0.4, 0.5) is 4.39 Å². The van der Waals surface area contributed by atoms with Crippen molar-refractivity contribution < 1.29 is 14.3 Å². The van der Waals surface area contributed by atoms with Crippen molar-refractivity contribution in [2.75, 3.05) is 19.6 Å². The van der Waals surface area contributed by atoms with Crippen molar-refractivity contribution in [1.82, 2.24) is 4.90 Å². The van der Waals surface area contributed by atoms with Gasteiger partial charge in [-0.15, -0.1) is 0 Å². The standard InChI is InChI=1S/C22H24BrClFNO2/c23-20-14-18(25)7-8-19(20)21(27)2-1-11-26-12-9-22(28,10-13-26)15-16-3-5-17(24)6-4-16/h3-8,14,28H,1-2,9-13,15H2. The van der Waals surface area contributed by atoms with Crippen LogP contribution in [0.15, 0.2) is 46.9 Å². The molecule has 1 aliphatic rings. The Kier molecular flexibility index (Phi) is 7.26. The number of aliphatic hydroxyl groups is 1. The summed E-state index contributed by atoms with van der Waals surface area (Å²) in [6, 6.07) is 11.8. The second-order valence-electron chi connectivity index (χ2n) is 7.52. The molecule has 0 bridgehead atoms. The summed E-state index contributed by atoms with van der Waals surface area (Å²) >= 11 is 9.17. The minimum absolute atomic E-state index is 0.0168. The molecule has 3 rings (SSSR count). The topological polar surface area (TPSA) is 40.5 Å². The number of likely N-dealkylation sites (tertiary alicyclic amines) is 1. The number of hydrogen-bond acceptors (Lipinski definition) is 3. The van der Waals surface area contributed by atoms with Gasteiger partial charge in [0.2, 0.25) is 0 Å². The van der Waals surface area contributed by atoms with Crippen LogP contribution >= 0.6 is 27.5 Å². The fourth-order valence-electron chi connectivity index (χ4n) is 3.67. The van der Waals surface area contributed by atoms with Gasteiger partial charge < -0.3 is 10.0 Å². The van der Waals surface area contributed by atoms with Gasteiger partial charge in [0, 0.05) is 41.0 Å². The van der Waals surface area contributed by atoms with Gasteiger partial charge in [0.1, 0.15) is 5.82 Å². The lowest BCUT2D eigenvalue weighted by atomic mass is 9.85. The predicted molar refractivity (Wildman–Crippen MR) is 113 cm³/mol. The zero-order valence-corrected chi connectivity index (χ0v) is 18.0. The van der Waals surface area contributed by atoms with Crippen LogP contribution in [0.5, 0.6) is 0 Å². The zero-order chi connectivity index (χ0) is 20.1. The zero-order valence-electron chi connectivity index (χ0n) is 15.6. The van der Waals surface area contributed by atoms with Gasteiger partial charge in [-0.1, -0.05) is 23.7 Å². The van der Waals surface area contributed by atoms with Crippen molar-refractivity contribution in [3.8, 4) is 0 Å². The van der Waals surface area contributed by atoms with Crippen molar-refractivity contribution >= 4 is 33.3 Å². The molecular formula is C22H24BrClFNO2. The average Bonchev–Trinajstić information content (AvgIpc) is 2.65. The van der Waals surface area contributed by atoms with E-state index >= 15 is 0 Å². The summed E-state index contributed by atoms with van der Waals surface area (Å²) in [7, 11) is 0. The fraction of sp³-hybridized carbons (Fsp3) is 0.409. The first-order chi connectivity index (χ1) is 13.3. The molecule has 0 aliphatic carbocycles. The number of carbonyl (C=O) groups is 1. The van der Waals surface area contributed by atoms with Crippen molar-refractivity contribution in [2.24, 2.45) is 0 Å². The van der Waals surface area contributed by atoms with Crippen molar-refractivity contribution in [2.45, 2.75) is 37.7 Å². The Bertz CT molecular complexity index is 820. The Morgan fingerprint density at radius 3 is 2.50 bits per heavy atom. The average molecular weight is 469 g/mol. The number of hydrogen-bond donors (Lipinski definition) is 1. The number of nitrogens with zero attached hydrogens (tertiary/aromatic N) is 1. The number of Topliss-reactive ketones (excluding diaryl/α,β-unsaturated/α-hetero) is 1. The van der Waals surface area contributed by atoms with E-state index in [0.29, 0.717) is 40.7 Å². The third kappa shape index (κ3) is 5.86. The summed E-state index contributed by atoms with van der Waals surface area (Å²) in [6.45, 7) is 2.46. The summed E-state index contributed by atoms with van der Waals surface area (Å²) in [4.78, 5) is 14.6. The van der Waals surface area contributed by atoms with E-state index < -0.39 is 5.60 Å². The molecule has 0 atom stereocenters. The lowest BCUT2D eigenvalue weighted by Gasteiger charge is -2.38. The Morgan fingerprint density at radius 2 is 1.86 bits per heavy atom. The van der Waals surface area contributed by atoms with Crippen molar-refractivity contribution in [1.29, 1.82) is 0 Å². The van der Waals surface area contributed by atoms with Gasteiger partial charge in [0.25, 0.3) is 0 Å². The molecule has 0 aromatic heterocycles.